The number of hydrogen-bond acceptors (Lipinski definition) is 9. The predicted molar refractivity (Wildman–Crippen MR) is 191 cm³/mol. The Morgan fingerprint density at radius 1 is 0.922 bits per heavy atom. The molecule has 3 aliphatic rings. The van der Waals surface area contributed by atoms with Crippen LogP contribution in [0.4, 0.5) is 4.79 Å². The van der Waals surface area contributed by atoms with Crippen molar-refractivity contribution in [3.05, 3.63) is 69.8 Å². The molecule has 7 rings (SSSR count). The maximum Gasteiger partial charge on any atom is 0.410 e. The molecule has 3 saturated heterocycles. The Labute approximate surface area is 296 Å². The van der Waals surface area contributed by atoms with Crippen molar-refractivity contribution in [1.29, 1.82) is 0 Å². The zero-order valence-corrected chi connectivity index (χ0v) is 29.6. The summed E-state index contributed by atoms with van der Waals surface area (Å²) in [6, 6.07) is 11.8. The number of hydrogen-bond donors (Lipinski definition) is 1. The third-order valence-corrected chi connectivity index (χ3v) is 10.6. The number of H-pyrrole nitrogens is 1. The van der Waals surface area contributed by atoms with E-state index in [1.54, 1.807) is 15.7 Å². The number of carbonyl (C=O) groups is 3. The van der Waals surface area contributed by atoms with E-state index in [9.17, 15) is 19.2 Å². The number of aryl methyl sites for hydroxylation is 2. The van der Waals surface area contributed by atoms with Gasteiger partial charge in [-0.2, -0.15) is 0 Å². The zero-order valence-electron chi connectivity index (χ0n) is 29.6. The molecule has 270 valence electrons. The van der Waals surface area contributed by atoms with E-state index < -0.39 is 18.2 Å². The molecule has 3 fully saturated rings. The summed E-state index contributed by atoms with van der Waals surface area (Å²) in [4.78, 5) is 66.2. The van der Waals surface area contributed by atoms with E-state index in [0.717, 1.165) is 77.8 Å². The fourth-order valence-corrected chi connectivity index (χ4v) is 8.00. The van der Waals surface area contributed by atoms with Crippen LogP contribution in [0.2, 0.25) is 0 Å². The Bertz CT molecular complexity index is 1960. The Hall–Kier alpha value is -4.75. The highest BCUT2D eigenvalue weighted by Gasteiger charge is 2.35. The Morgan fingerprint density at radius 2 is 1.61 bits per heavy atom. The van der Waals surface area contributed by atoms with Crippen LogP contribution < -0.4 is 10.4 Å². The van der Waals surface area contributed by atoms with Crippen molar-refractivity contribution in [3.63, 3.8) is 0 Å². The van der Waals surface area contributed by atoms with Gasteiger partial charge >= 0.3 is 17.8 Å². The van der Waals surface area contributed by atoms with Crippen molar-refractivity contribution in [2.75, 3.05) is 52.5 Å². The number of rotatable bonds is 7. The largest absolute Gasteiger partial charge is 0.436 e. The highest BCUT2D eigenvalue weighted by atomic mass is 16.6. The second kappa shape index (κ2) is 14.8. The molecule has 1 N–H and O–H groups in total. The van der Waals surface area contributed by atoms with Gasteiger partial charge in [-0.1, -0.05) is 30.3 Å². The first-order chi connectivity index (χ1) is 24.7. The smallest absolute Gasteiger partial charge is 0.410 e. The highest BCUT2D eigenvalue weighted by Crippen LogP contribution is 2.29. The van der Waals surface area contributed by atoms with Crippen LogP contribution >= 0.6 is 0 Å². The van der Waals surface area contributed by atoms with Crippen molar-refractivity contribution < 1.29 is 28.6 Å². The average molecular weight is 699 g/mol. The lowest BCUT2D eigenvalue weighted by molar-refractivity contribution is -0.143. The number of benzene rings is 2. The van der Waals surface area contributed by atoms with Gasteiger partial charge in [0, 0.05) is 83.3 Å². The van der Waals surface area contributed by atoms with Gasteiger partial charge in [0.2, 0.25) is 0 Å². The average Bonchev–Trinajstić information content (AvgIpc) is 3.49. The predicted octanol–water partition coefficient (Wildman–Crippen LogP) is 4.13. The first-order valence-corrected chi connectivity index (χ1v) is 18.0. The summed E-state index contributed by atoms with van der Waals surface area (Å²) < 4.78 is 18.8. The van der Waals surface area contributed by atoms with Crippen LogP contribution in [-0.2, 0) is 25.5 Å². The molecule has 3 aliphatic heterocycles. The lowest BCUT2D eigenvalue weighted by Gasteiger charge is -2.41. The Balaban J connectivity index is 1.05. The molecule has 0 spiro atoms. The van der Waals surface area contributed by atoms with Crippen LogP contribution in [0.3, 0.4) is 0 Å². The number of imidazole rings is 1. The van der Waals surface area contributed by atoms with E-state index >= 15 is 0 Å². The molecule has 2 amide bonds. The van der Waals surface area contributed by atoms with E-state index in [4.69, 9.17) is 14.2 Å². The molecule has 0 radical (unpaired) electrons. The fraction of sp³-hybridized carbons (Fsp3) is 0.500. The van der Waals surface area contributed by atoms with E-state index in [1.165, 1.54) is 6.92 Å². The molecule has 0 bridgehead atoms. The molecular formula is C38H46N6O7. The highest BCUT2D eigenvalue weighted by molar-refractivity contribution is 6.01. The number of amides is 2. The van der Waals surface area contributed by atoms with Crippen LogP contribution in [-0.4, -0.2) is 112 Å². The molecule has 1 atom stereocenters. The molecule has 13 heteroatoms. The summed E-state index contributed by atoms with van der Waals surface area (Å²) in [6.07, 6.45) is 3.45. The van der Waals surface area contributed by atoms with E-state index in [1.807, 2.05) is 55.1 Å². The minimum absolute atomic E-state index is 0.121. The first kappa shape index (κ1) is 34.7. The number of aromatic nitrogens is 3. The van der Waals surface area contributed by atoms with E-state index in [2.05, 4.69) is 14.9 Å². The number of aromatic amines is 1. The standard InChI is InChI=1S/C38H46N6O7/c1-24-20-27(21-25(2)35(24)50-26(3)45)22-33(36(46)42-16-14-41(15-17-42)28-10-18-49-19-11-28)51-38(48)43-12-8-29(9-13-43)44-32-23-39-31-7-5-4-6-30(31)34(32)40-37(44)47/h4-7,20-21,23,28-29,33H,8-19,22H2,1-3H3,(H,40,47)/t33-/m1/s1. The molecule has 2 aromatic heterocycles. The van der Waals surface area contributed by atoms with Crippen molar-refractivity contribution in [1.82, 2.24) is 29.2 Å². The molecule has 0 unspecified atom stereocenters. The fourth-order valence-electron chi connectivity index (χ4n) is 8.00. The number of esters is 1. The minimum atomic E-state index is -1.03. The van der Waals surface area contributed by atoms with E-state index in [0.29, 0.717) is 50.8 Å². The number of piperidine rings is 1. The molecule has 51 heavy (non-hydrogen) atoms. The number of piperazine rings is 1. The molecule has 2 aromatic carbocycles. The number of nitrogens with zero attached hydrogens (tertiary/aromatic N) is 5. The van der Waals surface area contributed by atoms with Gasteiger partial charge in [0.05, 0.1) is 22.7 Å². The van der Waals surface area contributed by atoms with Crippen LogP contribution in [0.5, 0.6) is 5.75 Å². The number of likely N-dealkylation sites (tertiary alicyclic amines) is 1. The number of ether oxygens (including phenoxy) is 3. The monoisotopic (exact) mass is 698 g/mol. The molecular weight excluding hydrogens is 652 g/mol. The Kier molecular flexibility index (Phi) is 10.1. The van der Waals surface area contributed by atoms with Gasteiger partial charge in [-0.05, 0) is 62.3 Å². The quantitative estimate of drug-likeness (QED) is 0.223. The van der Waals surface area contributed by atoms with Gasteiger partial charge in [0.25, 0.3) is 5.91 Å². The molecule has 13 nitrogen and oxygen atoms in total. The maximum absolute atomic E-state index is 14.1. The third-order valence-electron chi connectivity index (χ3n) is 10.6. The topological polar surface area (TPSA) is 139 Å². The zero-order chi connectivity index (χ0) is 35.6. The lowest BCUT2D eigenvalue weighted by Crippen LogP contribution is -2.55. The van der Waals surface area contributed by atoms with Gasteiger partial charge in [-0.25, -0.2) is 9.59 Å². The van der Waals surface area contributed by atoms with E-state index in [-0.39, 0.29) is 24.1 Å². The van der Waals surface area contributed by atoms with Crippen molar-refractivity contribution in [2.24, 2.45) is 0 Å². The minimum Gasteiger partial charge on any atom is -0.436 e. The summed E-state index contributed by atoms with van der Waals surface area (Å²) in [5.74, 6) is -0.120. The first-order valence-electron chi connectivity index (χ1n) is 18.0. The maximum atomic E-state index is 14.1. The van der Waals surface area contributed by atoms with Crippen molar-refractivity contribution >= 4 is 39.9 Å². The molecule has 5 heterocycles. The van der Waals surface area contributed by atoms with Gasteiger partial charge in [-0.3, -0.25) is 24.0 Å². The number of pyridine rings is 1. The Morgan fingerprint density at radius 3 is 2.29 bits per heavy atom. The van der Waals surface area contributed by atoms with Gasteiger partial charge in [0.1, 0.15) is 5.75 Å². The number of carbonyl (C=O) groups excluding carboxylic acids is 3. The normalized spacial score (nSPS) is 18.6. The summed E-state index contributed by atoms with van der Waals surface area (Å²) >= 11 is 0. The van der Waals surface area contributed by atoms with Crippen molar-refractivity contribution in [2.45, 2.75) is 71.1 Å². The van der Waals surface area contributed by atoms with Crippen molar-refractivity contribution in [3.8, 4) is 5.75 Å². The van der Waals surface area contributed by atoms with Crippen LogP contribution in [0.1, 0.15) is 55.3 Å². The number of fused-ring (bicyclic) bond motifs is 3. The van der Waals surface area contributed by atoms with Crippen LogP contribution in [0.15, 0.2) is 47.4 Å². The van der Waals surface area contributed by atoms with Gasteiger partial charge < -0.3 is 29.0 Å². The summed E-state index contributed by atoms with van der Waals surface area (Å²) in [6.45, 7) is 10.0. The number of nitrogens with one attached hydrogen (secondary N) is 1. The third kappa shape index (κ3) is 7.36. The van der Waals surface area contributed by atoms with Crippen LogP contribution in [0, 0.1) is 13.8 Å². The molecule has 4 aromatic rings. The second-order valence-electron chi connectivity index (χ2n) is 14.0. The SMILES string of the molecule is CC(=O)Oc1c(C)cc(C[C@@H](OC(=O)N2CCC(n3c(=O)[nH]c4c5ccccc5ncc43)CC2)C(=O)N2CCN(C3CCOCC3)CC2)cc1C. The second-order valence-corrected chi connectivity index (χ2v) is 14.0. The lowest BCUT2D eigenvalue weighted by atomic mass is 10.00. The van der Waals surface area contributed by atoms with Gasteiger partial charge in [-0.15, -0.1) is 0 Å². The number of para-hydroxylation sites is 1. The summed E-state index contributed by atoms with van der Waals surface area (Å²) in [5, 5.41) is 0.888. The molecule has 0 aliphatic carbocycles. The van der Waals surface area contributed by atoms with Crippen LogP contribution in [0.25, 0.3) is 21.9 Å². The summed E-state index contributed by atoms with van der Waals surface area (Å²) in [7, 11) is 0. The van der Waals surface area contributed by atoms with Gasteiger partial charge in [0.15, 0.2) is 6.10 Å². The molecule has 0 saturated carbocycles. The summed E-state index contributed by atoms with van der Waals surface area (Å²) in [5.41, 5.74) is 4.46.